The second-order valence-electron chi connectivity index (χ2n) is 5.31. The van der Waals surface area contributed by atoms with Gasteiger partial charge in [-0.3, -0.25) is 0 Å². The fraction of sp³-hybridized carbons (Fsp3) is 1.00. The predicted molar refractivity (Wildman–Crippen MR) is 57.7 cm³/mol. The molecule has 1 unspecified atom stereocenters. The topological polar surface area (TPSA) is 29.3 Å². The summed E-state index contributed by atoms with van der Waals surface area (Å²) >= 11 is 0. The van der Waals surface area contributed by atoms with Crippen molar-refractivity contribution in [3.63, 3.8) is 0 Å². The smallest absolute Gasteiger partial charge is 0.00998 e. The maximum atomic E-state index is 6.10. The predicted octanol–water partition coefficient (Wildman–Crippen LogP) is 1.85. The zero-order chi connectivity index (χ0) is 9.90. The lowest BCUT2D eigenvalue weighted by Crippen LogP contribution is -2.38. The molecule has 0 aromatic heterocycles. The molecule has 0 radical (unpaired) electrons. The molecule has 0 amide bonds. The van der Waals surface area contributed by atoms with Gasteiger partial charge in [0.05, 0.1) is 0 Å². The SMILES string of the molecule is CC(C)(C)C(N)CCN1CCCC1. The van der Waals surface area contributed by atoms with Gasteiger partial charge >= 0.3 is 0 Å². The lowest BCUT2D eigenvalue weighted by atomic mass is 9.85. The van der Waals surface area contributed by atoms with Crippen LogP contribution in [0.4, 0.5) is 0 Å². The first-order chi connectivity index (χ1) is 6.00. The quantitative estimate of drug-likeness (QED) is 0.725. The van der Waals surface area contributed by atoms with E-state index < -0.39 is 0 Å². The third kappa shape index (κ3) is 3.65. The fourth-order valence-electron chi connectivity index (χ4n) is 1.76. The first-order valence-corrected chi connectivity index (χ1v) is 5.48. The Morgan fingerprint density at radius 2 is 1.77 bits per heavy atom. The summed E-state index contributed by atoms with van der Waals surface area (Å²) in [6, 6.07) is 0.341. The van der Waals surface area contributed by atoms with Crippen molar-refractivity contribution >= 4 is 0 Å². The van der Waals surface area contributed by atoms with Crippen LogP contribution in [0.15, 0.2) is 0 Å². The lowest BCUT2D eigenvalue weighted by molar-refractivity contribution is 0.256. The lowest BCUT2D eigenvalue weighted by Gasteiger charge is -2.28. The van der Waals surface area contributed by atoms with Gasteiger partial charge in [0.25, 0.3) is 0 Å². The minimum absolute atomic E-state index is 0.264. The maximum Gasteiger partial charge on any atom is 0.00998 e. The number of rotatable bonds is 3. The monoisotopic (exact) mass is 184 g/mol. The van der Waals surface area contributed by atoms with Crippen molar-refractivity contribution in [1.82, 2.24) is 4.90 Å². The minimum Gasteiger partial charge on any atom is -0.327 e. The molecular formula is C11H24N2. The summed E-state index contributed by atoms with van der Waals surface area (Å²) in [5, 5.41) is 0. The molecule has 0 bridgehead atoms. The first kappa shape index (κ1) is 11.0. The highest BCUT2D eigenvalue weighted by molar-refractivity contribution is 4.78. The zero-order valence-electron chi connectivity index (χ0n) is 9.34. The van der Waals surface area contributed by atoms with Crippen LogP contribution >= 0.6 is 0 Å². The number of hydrogen-bond acceptors (Lipinski definition) is 2. The molecule has 1 aliphatic rings. The molecule has 2 N–H and O–H groups in total. The third-order valence-electron chi connectivity index (χ3n) is 3.07. The molecule has 1 aliphatic heterocycles. The van der Waals surface area contributed by atoms with E-state index in [0.29, 0.717) is 6.04 Å². The number of hydrogen-bond donors (Lipinski definition) is 1. The molecule has 0 aromatic rings. The number of nitrogens with two attached hydrogens (primary N) is 1. The van der Waals surface area contributed by atoms with E-state index in [-0.39, 0.29) is 5.41 Å². The Bertz CT molecular complexity index is 143. The van der Waals surface area contributed by atoms with Gasteiger partial charge in [-0.15, -0.1) is 0 Å². The summed E-state index contributed by atoms with van der Waals surface area (Å²) in [5.41, 5.74) is 6.37. The molecule has 1 fully saturated rings. The standard InChI is InChI=1S/C11H24N2/c1-11(2,3)10(12)6-9-13-7-4-5-8-13/h10H,4-9,12H2,1-3H3. The van der Waals surface area contributed by atoms with E-state index >= 15 is 0 Å². The van der Waals surface area contributed by atoms with Crippen LogP contribution in [-0.2, 0) is 0 Å². The van der Waals surface area contributed by atoms with E-state index in [4.69, 9.17) is 5.73 Å². The second kappa shape index (κ2) is 4.43. The van der Waals surface area contributed by atoms with Crippen LogP contribution in [0.5, 0.6) is 0 Å². The van der Waals surface area contributed by atoms with Crippen LogP contribution in [0.2, 0.25) is 0 Å². The van der Waals surface area contributed by atoms with Crippen molar-refractivity contribution in [1.29, 1.82) is 0 Å². The third-order valence-corrected chi connectivity index (χ3v) is 3.07. The van der Waals surface area contributed by atoms with E-state index in [1.165, 1.54) is 32.5 Å². The van der Waals surface area contributed by atoms with Crippen LogP contribution in [-0.4, -0.2) is 30.6 Å². The summed E-state index contributed by atoms with van der Waals surface area (Å²) in [5.74, 6) is 0. The van der Waals surface area contributed by atoms with E-state index in [0.717, 1.165) is 6.42 Å². The maximum absolute atomic E-state index is 6.10. The molecule has 0 aromatic carbocycles. The summed E-state index contributed by atoms with van der Waals surface area (Å²) < 4.78 is 0. The average molecular weight is 184 g/mol. The average Bonchev–Trinajstić information content (AvgIpc) is 2.50. The van der Waals surface area contributed by atoms with Crippen LogP contribution in [0.3, 0.4) is 0 Å². The van der Waals surface area contributed by atoms with Crippen LogP contribution in [0, 0.1) is 5.41 Å². The van der Waals surface area contributed by atoms with E-state index in [9.17, 15) is 0 Å². The van der Waals surface area contributed by atoms with Crippen LogP contribution < -0.4 is 5.73 Å². The Hall–Kier alpha value is -0.0800. The van der Waals surface area contributed by atoms with E-state index in [2.05, 4.69) is 25.7 Å². The van der Waals surface area contributed by atoms with Gasteiger partial charge in [-0.2, -0.15) is 0 Å². The van der Waals surface area contributed by atoms with Gasteiger partial charge in [0.1, 0.15) is 0 Å². The molecular weight excluding hydrogens is 160 g/mol. The van der Waals surface area contributed by atoms with Gasteiger partial charge < -0.3 is 10.6 Å². The number of likely N-dealkylation sites (tertiary alicyclic amines) is 1. The zero-order valence-corrected chi connectivity index (χ0v) is 9.34. The van der Waals surface area contributed by atoms with Crippen LogP contribution in [0.25, 0.3) is 0 Å². The Morgan fingerprint density at radius 3 is 2.23 bits per heavy atom. The van der Waals surface area contributed by atoms with E-state index in [1.807, 2.05) is 0 Å². The summed E-state index contributed by atoms with van der Waals surface area (Å²) in [4.78, 5) is 2.53. The molecule has 13 heavy (non-hydrogen) atoms. The highest BCUT2D eigenvalue weighted by Gasteiger charge is 2.21. The van der Waals surface area contributed by atoms with Gasteiger partial charge in [-0.1, -0.05) is 20.8 Å². The molecule has 78 valence electrons. The summed E-state index contributed by atoms with van der Waals surface area (Å²) in [6.45, 7) is 10.4. The van der Waals surface area contributed by atoms with Gasteiger partial charge in [-0.25, -0.2) is 0 Å². The van der Waals surface area contributed by atoms with Crippen molar-refractivity contribution in [2.24, 2.45) is 11.1 Å². The van der Waals surface area contributed by atoms with E-state index in [1.54, 1.807) is 0 Å². The Kier molecular flexibility index (Phi) is 3.74. The molecule has 1 heterocycles. The molecule has 1 saturated heterocycles. The van der Waals surface area contributed by atoms with Gasteiger partial charge in [-0.05, 0) is 44.3 Å². The minimum atomic E-state index is 0.264. The largest absolute Gasteiger partial charge is 0.327 e. The molecule has 2 heteroatoms. The van der Waals surface area contributed by atoms with Gasteiger partial charge in [0.2, 0.25) is 0 Å². The fourth-order valence-corrected chi connectivity index (χ4v) is 1.76. The van der Waals surface area contributed by atoms with Gasteiger partial charge in [0, 0.05) is 6.04 Å². The Labute approximate surface area is 82.5 Å². The van der Waals surface area contributed by atoms with Crippen molar-refractivity contribution in [2.75, 3.05) is 19.6 Å². The highest BCUT2D eigenvalue weighted by atomic mass is 15.1. The first-order valence-electron chi connectivity index (χ1n) is 5.48. The van der Waals surface area contributed by atoms with Crippen molar-refractivity contribution < 1.29 is 0 Å². The van der Waals surface area contributed by atoms with Crippen LogP contribution in [0.1, 0.15) is 40.0 Å². The molecule has 0 spiro atoms. The van der Waals surface area contributed by atoms with Gasteiger partial charge in [0.15, 0.2) is 0 Å². The summed E-state index contributed by atoms with van der Waals surface area (Å²) in [6.07, 6.45) is 3.90. The van der Waals surface area contributed by atoms with Crippen molar-refractivity contribution in [3.8, 4) is 0 Å². The van der Waals surface area contributed by atoms with Crippen molar-refractivity contribution in [2.45, 2.75) is 46.1 Å². The molecule has 2 nitrogen and oxygen atoms in total. The number of nitrogens with zero attached hydrogens (tertiary/aromatic N) is 1. The highest BCUT2D eigenvalue weighted by Crippen LogP contribution is 2.20. The summed E-state index contributed by atoms with van der Waals surface area (Å²) in [7, 11) is 0. The second-order valence-corrected chi connectivity index (χ2v) is 5.31. The molecule has 0 saturated carbocycles. The normalized spacial score (nSPS) is 22.2. The van der Waals surface area contributed by atoms with Crippen molar-refractivity contribution in [3.05, 3.63) is 0 Å². The Morgan fingerprint density at radius 1 is 1.23 bits per heavy atom. The molecule has 0 aliphatic carbocycles. The Balaban J connectivity index is 2.17. The molecule has 1 atom stereocenters. The molecule has 1 rings (SSSR count).